The van der Waals surface area contributed by atoms with Gasteiger partial charge in [-0.1, -0.05) is 44.0 Å². The fraction of sp³-hybridized carbons (Fsp3) is 0.727. The van der Waals surface area contributed by atoms with E-state index in [2.05, 4.69) is 6.58 Å². The van der Waals surface area contributed by atoms with Crippen LogP contribution in [0.3, 0.4) is 0 Å². The summed E-state index contributed by atoms with van der Waals surface area (Å²) in [5.74, 6) is 0. The fourth-order valence-corrected chi connectivity index (χ4v) is 1.39. The Hall–Kier alpha value is -0.170. The van der Waals surface area contributed by atoms with Gasteiger partial charge in [-0.15, -0.1) is 6.58 Å². The SMILES string of the molecule is C=CCCCCCCCCC=S. The van der Waals surface area contributed by atoms with Crippen LogP contribution >= 0.6 is 12.2 Å². The lowest BCUT2D eigenvalue weighted by Crippen LogP contribution is -1.80. The largest absolute Gasteiger partial charge is 0.103 e. The Balaban J connectivity index is 2.81. The van der Waals surface area contributed by atoms with Crippen molar-refractivity contribution in [1.29, 1.82) is 0 Å². The maximum absolute atomic E-state index is 4.75. The summed E-state index contributed by atoms with van der Waals surface area (Å²) < 4.78 is 0. The van der Waals surface area contributed by atoms with Crippen molar-refractivity contribution in [2.45, 2.75) is 51.4 Å². The molecular weight excluding hydrogens is 164 g/mol. The van der Waals surface area contributed by atoms with E-state index in [0.29, 0.717) is 0 Å². The molecule has 0 fully saturated rings. The van der Waals surface area contributed by atoms with Crippen LogP contribution < -0.4 is 0 Å². The van der Waals surface area contributed by atoms with Crippen molar-refractivity contribution in [2.24, 2.45) is 0 Å². The van der Waals surface area contributed by atoms with E-state index in [4.69, 9.17) is 12.2 Å². The number of allylic oxidation sites excluding steroid dienone is 1. The molecule has 0 saturated carbocycles. The van der Waals surface area contributed by atoms with Crippen molar-refractivity contribution in [3.05, 3.63) is 12.7 Å². The van der Waals surface area contributed by atoms with Crippen LogP contribution in [-0.4, -0.2) is 5.37 Å². The van der Waals surface area contributed by atoms with Gasteiger partial charge in [0.2, 0.25) is 0 Å². The van der Waals surface area contributed by atoms with Crippen molar-refractivity contribution in [3.8, 4) is 0 Å². The van der Waals surface area contributed by atoms with Gasteiger partial charge in [0.15, 0.2) is 0 Å². The minimum Gasteiger partial charge on any atom is -0.103 e. The Labute approximate surface area is 82.1 Å². The average molecular weight is 184 g/mol. The van der Waals surface area contributed by atoms with Gasteiger partial charge in [-0.2, -0.15) is 0 Å². The number of hydrogen-bond donors (Lipinski definition) is 0. The molecule has 0 amide bonds. The molecule has 0 N–H and O–H groups in total. The van der Waals surface area contributed by atoms with Crippen LogP contribution in [0.4, 0.5) is 0 Å². The first-order valence-corrected chi connectivity index (χ1v) is 5.43. The number of thiocarbonyl (C=S) groups is 1. The van der Waals surface area contributed by atoms with Gasteiger partial charge in [-0.3, -0.25) is 0 Å². The summed E-state index contributed by atoms with van der Waals surface area (Å²) in [6.07, 6.45) is 12.4. The van der Waals surface area contributed by atoms with Crippen LogP contribution in [0.15, 0.2) is 12.7 Å². The monoisotopic (exact) mass is 184 g/mol. The zero-order valence-electron chi connectivity index (χ0n) is 7.93. The molecule has 0 bridgehead atoms. The third kappa shape index (κ3) is 9.83. The van der Waals surface area contributed by atoms with E-state index >= 15 is 0 Å². The predicted molar refractivity (Wildman–Crippen MR) is 60.8 cm³/mol. The highest BCUT2D eigenvalue weighted by atomic mass is 32.1. The Morgan fingerprint density at radius 2 is 1.33 bits per heavy atom. The van der Waals surface area contributed by atoms with Gasteiger partial charge in [0.1, 0.15) is 0 Å². The van der Waals surface area contributed by atoms with Crippen molar-refractivity contribution in [3.63, 3.8) is 0 Å². The molecule has 0 aromatic carbocycles. The van der Waals surface area contributed by atoms with Gasteiger partial charge in [-0.25, -0.2) is 0 Å². The standard InChI is InChI=1S/C11H20S/c1-2-3-4-5-6-7-8-9-10-11-12/h2,11H,1,3-10H2. The lowest BCUT2D eigenvalue weighted by atomic mass is 10.1. The highest BCUT2D eigenvalue weighted by Crippen LogP contribution is 2.07. The van der Waals surface area contributed by atoms with Gasteiger partial charge < -0.3 is 0 Å². The van der Waals surface area contributed by atoms with E-state index in [9.17, 15) is 0 Å². The molecule has 12 heavy (non-hydrogen) atoms. The quantitative estimate of drug-likeness (QED) is 0.292. The minimum absolute atomic E-state index is 1.11. The second kappa shape index (κ2) is 10.8. The fourth-order valence-electron chi connectivity index (χ4n) is 1.22. The third-order valence-corrected chi connectivity index (χ3v) is 2.22. The molecule has 0 atom stereocenters. The first-order chi connectivity index (χ1) is 5.91. The molecule has 0 aliphatic rings. The maximum atomic E-state index is 4.75. The molecule has 0 heterocycles. The second-order valence-electron chi connectivity index (χ2n) is 3.15. The molecule has 1 heteroatoms. The van der Waals surface area contributed by atoms with Crippen molar-refractivity contribution < 1.29 is 0 Å². The number of rotatable bonds is 9. The van der Waals surface area contributed by atoms with E-state index in [1.165, 1.54) is 44.9 Å². The number of hydrogen-bond acceptors (Lipinski definition) is 1. The Kier molecular flexibility index (Phi) is 10.7. The van der Waals surface area contributed by atoms with Crippen molar-refractivity contribution in [2.75, 3.05) is 0 Å². The predicted octanol–water partition coefficient (Wildman–Crippen LogP) is 4.29. The molecule has 0 unspecified atom stereocenters. The smallest absolute Gasteiger partial charge is 0.0210 e. The molecule has 0 rings (SSSR count). The van der Waals surface area contributed by atoms with E-state index < -0.39 is 0 Å². The summed E-state index contributed by atoms with van der Waals surface area (Å²) in [7, 11) is 0. The highest BCUT2D eigenvalue weighted by Gasteiger charge is 1.89. The Morgan fingerprint density at radius 1 is 0.833 bits per heavy atom. The van der Waals surface area contributed by atoms with Crippen LogP contribution in [0.25, 0.3) is 0 Å². The molecule has 0 saturated heterocycles. The maximum Gasteiger partial charge on any atom is -0.0210 e. The van der Waals surface area contributed by atoms with Crippen molar-refractivity contribution >= 4 is 17.6 Å². The zero-order valence-corrected chi connectivity index (χ0v) is 8.74. The molecule has 0 aliphatic heterocycles. The van der Waals surface area contributed by atoms with E-state index in [1.54, 1.807) is 0 Å². The van der Waals surface area contributed by atoms with Crippen LogP contribution in [0.5, 0.6) is 0 Å². The summed E-state index contributed by atoms with van der Waals surface area (Å²) in [5, 5.41) is 1.84. The van der Waals surface area contributed by atoms with E-state index in [-0.39, 0.29) is 0 Å². The van der Waals surface area contributed by atoms with Crippen molar-refractivity contribution in [1.82, 2.24) is 0 Å². The summed E-state index contributed by atoms with van der Waals surface area (Å²) >= 11 is 4.75. The lowest BCUT2D eigenvalue weighted by molar-refractivity contribution is 0.605. The summed E-state index contributed by atoms with van der Waals surface area (Å²) in [6, 6.07) is 0. The number of unbranched alkanes of at least 4 members (excludes halogenated alkanes) is 7. The van der Waals surface area contributed by atoms with E-state index in [0.717, 1.165) is 6.42 Å². The zero-order chi connectivity index (χ0) is 9.07. The van der Waals surface area contributed by atoms with Crippen LogP contribution in [0.1, 0.15) is 51.4 Å². The topological polar surface area (TPSA) is 0 Å². The van der Waals surface area contributed by atoms with E-state index in [1.807, 2.05) is 11.4 Å². The van der Waals surface area contributed by atoms with Gasteiger partial charge in [0, 0.05) is 0 Å². The Bertz CT molecular complexity index is 93.6. The normalized spacial score (nSPS) is 9.67. The lowest BCUT2D eigenvalue weighted by Gasteiger charge is -1.98. The van der Waals surface area contributed by atoms with Gasteiger partial charge >= 0.3 is 0 Å². The molecule has 0 spiro atoms. The minimum atomic E-state index is 1.11. The van der Waals surface area contributed by atoms with Crippen LogP contribution in [0.2, 0.25) is 0 Å². The molecule has 0 aliphatic carbocycles. The first kappa shape index (κ1) is 11.8. The van der Waals surface area contributed by atoms with Gasteiger partial charge in [0.05, 0.1) is 0 Å². The summed E-state index contributed by atoms with van der Waals surface area (Å²) in [6.45, 7) is 3.70. The molecule has 0 nitrogen and oxygen atoms in total. The summed E-state index contributed by atoms with van der Waals surface area (Å²) in [4.78, 5) is 0. The van der Waals surface area contributed by atoms with Crippen LogP contribution in [-0.2, 0) is 0 Å². The molecule has 70 valence electrons. The summed E-state index contributed by atoms with van der Waals surface area (Å²) in [5.41, 5.74) is 0. The third-order valence-electron chi connectivity index (χ3n) is 1.98. The molecular formula is C11H20S. The second-order valence-corrected chi connectivity index (χ2v) is 3.49. The first-order valence-electron chi connectivity index (χ1n) is 4.96. The van der Waals surface area contributed by atoms with Gasteiger partial charge in [0.25, 0.3) is 0 Å². The van der Waals surface area contributed by atoms with Crippen LogP contribution in [0, 0.1) is 0 Å². The molecule has 0 aromatic heterocycles. The highest BCUT2D eigenvalue weighted by molar-refractivity contribution is 7.78. The molecule has 0 radical (unpaired) electrons. The average Bonchev–Trinajstić information content (AvgIpc) is 2.10. The van der Waals surface area contributed by atoms with Gasteiger partial charge in [-0.05, 0) is 31.1 Å². The Morgan fingerprint density at radius 3 is 1.83 bits per heavy atom. The molecule has 0 aromatic rings.